The van der Waals surface area contributed by atoms with Crippen molar-refractivity contribution in [3.8, 4) is 0 Å². The lowest BCUT2D eigenvalue weighted by Gasteiger charge is -2.13. The molecular weight excluding hydrogens is 298 g/mol. The third-order valence-corrected chi connectivity index (χ3v) is 3.95. The maximum atomic E-state index is 10.9. The molecule has 0 aromatic heterocycles. The molecule has 1 N–H and O–H groups in total. The van der Waals surface area contributed by atoms with E-state index in [1.165, 1.54) is 5.56 Å². The smallest absolute Gasteiger partial charge is 0.0244 e. The summed E-state index contributed by atoms with van der Waals surface area (Å²) in [4.78, 5) is 0. The molecule has 0 radical (unpaired) electrons. The van der Waals surface area contributed by atoms with Crippen LogP contribution in [0.15, 0.2) is 28.7 Å². The fraction of sp³-hybridized carbons (Fsp3) is 0.538. The molecule has 0 aliphatic heterocycles. The SMILES string of the molecule is CC(Cc1ccc(Br)cc1)NCCCS(C)=O. The van der Waals surface area contributed by atoms with E-state index in [-0.39, 0.29) is 0 Å². The zero-order chi connectivity index (χ0) is 12.7. The van der Waals surface area contributed by atoms with Crippen LogP contribution in [0, 0.1) is 0 Å². The normalized spacial score (nSPS) is 14.5. The van der Waals surface area contributed by atoms with Gasteiger partial charge in [0.25, 0.3) is 0 Å². The Morgan fingerprint density at radius 2 is 2.00 bits per heavy atom. The Labute approximate surface area is 115 Å². The van der Waals surface area contributed by atoms with Crippen molar-refractivity contribution in [2.75, 3.05) is 18.6 Å². The van der Waals surface area contributed by atoms with Crippen molar-refractivity contribution in [1.82, 2.24) is 5.32 Å². The van der Waals surface area contributed by atoms with E-state index in [1.807, 2.05) is 0 Å². The van der Waals surface area contributed by atoms with Gasteiger partial charge < -0.3 is 5.32 Å². The highest BCUT2D eigenvalue weighted by Crippen LogP contribution is 2.11. The second kappa shape index (κ2) is 8.01. The van der Waals surface area contributed by atoms with Crippen LogP contribution in [0.2, 0.25) is 0 Å². The van der Waals surface area contributed by atoms with Gasteiger partial charge >= 0.3 is 0 Å². The first-order valence-electron chi connectivity index (χ1n) is 5.86. The van der Waals surface area contributed by atoms with Gasteiger partial charge in [-0.05, 0) is 44.0 Å². The molecule has 0 saturated carbocycles. The maximum Gasteiger partial charge on any atom is 0.0244 e. The van der Waals surface area contributed by atoms with Gasteiger partial charge in [0.2, 0.25) is 0 Å². The van der Waals surface area contributed by atoms with E-state index in [0.29, 0.717) is 6.04 Å². The van der Waals surface area contributed by atoms with Crippen LogP contribution < -0.4 is 5.32 Å². The molecule has 0 aliphatic rings. The number of benzene rings is 1. The van der Waals surface area contributed by atoms with E-state index in [2.05, 4.69) is 52.4 Å². The summed E-state index contributed by atoms with van der Waals surface area (Å²) in [6.07, 6.45) is 3.77. The predicted octanol–water partition coefficient (Wildman–Crippen LogP) is 2.74. The topological polar surface area (TPSA) is 29.1 Å². The van der Waals surface area contributed by atoms with Gasteiger partial charge in [-0.1, -0.05) is 28.1 Å². The number of rotatable bonds is 7. The van der Waals surface area contributed by atoms with Gasteiger partial charge in [0.05, 0.1) is 0 Å². The third-order valence-electron chi connectivity index (χ3n) is 2.56. The molecule has 0 amide bonds. The minimum absolute atomic E-state index is 0.460. The molecular formula is C13H20BrNOS. The van der Waals surface area contributed by atoms with Gasteiger partial charge in [0, 0.05) is 33.3 Å². The lowest BCUT2D eigenvalue weighted by Crippen LogP contribution is -2.29. The van der Waals surface area contributed by atoms with Crippen molar-refractivity contribution < 1.29 is 4.21 Å². The summed E-state index contributed by atoms with van der Waals surface area (Å²) < 4.78 is 12.0. The van der Waals surface area contributed by atoms with Gasteiger partial charge in [-0.2, -0.15) is 0 Å². The van der Waals surface area contributed by atoms with Crippen molar-refractivity contribution in [3.63, 3.8) is 0 Å². The average molecular weight is 318 g/mol. The first-order chi connectivity index (χ1) is 8.08. The molecule has 2 nitrogen and oxygen atoms in total. The van der Waals surface area contributed by atoms with Crippen LogP contribution in [0.25, 0.3) is 0 Å². The Hall–Kier alpha value is -0.190. The number of hydrogen-bond donors (Lipinski definition) is 1. The molecule has 4 heteroatoms. The zero-order valence-electron chi connectivity index (χ0n) is 10.4. The maximum absolute atomic E-state index is 10.9. The first kappa shape index (κ1) is 14.9. The molecule has 0 heterocycles. The van der Waals surface area contributed by atoms with Crippen LogP contribution in [0.5, 0.6) is 0 Å². The van der Waals surface area contributed by atoms with Crippen LogP contribution in [-0.4, -0.2) is 28.8 Å². The van der Waals surface area contributed by atoms with E-state index in [9.17, 15) is 4.21 Å². The Morgan fingerprint density at radius 1 is 1.35 bits per heavy atom. The molecule has 0 aliphatic carbocycles. The Kier molecular flexibility index (Phi) is 7.00. The van der Waals surface area contributed by atoms with Crippen molar-refractivity contribution in [2.45, 2.75) is 25.8 Å². The molecule has 0 saturated heterocycles. The van der Waals surface area contributed by atoms with Crippen molar-refractivity contribution in [1.29, 1.82) is 0 Å². The highest BCUT2D eigenvalue weighted by Gasteiger charge is 2.02. The largest absolute Gasteiger partial charge is 0.314 e. The fourth-order valence-electron chi connectivity index (χ4n) is 1.67. The first-order valence-corrected chi connectivity index (χ1v) is 8.38. The number of hydrogen-bond acceptors (Lipinski definition) is 2. The summed E-state index contributed by atoms with van der Waals surface area (Å²) in [5.41, 5.74) is 1.34. The lowest BCUT2D eigenvalue weighted by atomic mass is 10.1. The number of nitrogens with one attached hydrogen (secondary N) is 1. The second-order valence-corrected chi connectivity index (χ2v) is 6.79. The van der Waals surface area contributed by atoms with Gasteiger partial charge in [-0.15, -0.1) is 0 Å². The van der Waals surface area contributed by atoms with E-state index in [0.717, 1.165) is 29.6 Å². The van der Waals surface area contributed by atoms with Crippen LogP contribution in [0.3, 0.4) is 0 Å². The monoisotopic (exact) mass is 317 g/mol. The Bertz CT molecular complexity index is 353. The van der Waals surface area contributed by atoms with Gasteiger partial charge in [0.1, 0.15) is 0 Å². The highest BCUT2D eigenvalue weighted by molar-refractivity contribution is 9.10. The Morgan fingerprint density at radius 3 is 2.59 bits per heavy atom. The molecule has 2 unspecified atom stereocenters. The standard InChI is InChI=1S/C13H20BrNOS/c1-11(15-8-3-9-17(2)16)10-12-4-6-13(14)7-5-12/h4-7,11,15H,3,8-10H2,1-2H3. The minimum atomic E-state index is -0.666. The van der Waals surface area contributed by atoms with Crippen molar-refractivity contribution >= 4 is 26.7 Å². The van der Waals surface area contributed by atoms with Gasteiger partial charge in [-0.3, -0.25) is 4.21 Å². The van der Waals surface area contributed by atoms with Crippen LogP contribution in [0.1, 0.15) is 18.9 Å². The minimum Gasteiger partial charge on any atom is -0.314 e. The van der Waals surface area contributed by atoms with Gasteiger partial charge in [-0.25, -0.2) is 0 Å². The fourth-order valence-corrected chi connectivity index (χ4v) is 2.49. The van der Waals surface area contributed by atoms with E-state index in [1.54, 1.807) is 6.26 Å². The van der Waals surface area contributed by atoms with Crippen LogP contribution in [0.4, 0.5) is 0 Å². The second-order valence-electron chi connectivity index (χ2n) is 4.32. The summed E-state index contributed by atoms with van der Waals surface area (Å²) in [5, 5.41) is 3.45. The van der Waals surface area contributed by atoms with Crippen molar-refractivity contribution in [3.05, 3.63) is 34.3 Å². The molecule has 1 aromatic carbocycles. The molecule has 1 aromatic rings. The highest BCUT2D eigenvalue weighted by atomic mass is 79.9. The summed E-state index contributed by atoms with van der Waals surface area (Å²) >= 11 is 3.43. The van der Waals surface area contributed by atoms with E-state index in [4.69, 9.17) is 0 Å². The molecule has 1 rings (SSSR count). The summed E-state index contributed by atoms with van der Waals surface area (Å²) in [6, 6.07) is 8.89. The summed E-state index contributed by atoms with van der Waals surface area (Å²) in [5.74, 6) is 0.790. The molecule has 0 spiro atoms. The lowest BCUT2D eigenvalue weighted by molar-refractivity contribution is 0.544. The third kappa shape index (κ3) is 6.96. The molecule has 0 fully saturated rings. The average Bonchev–Trinajstić information content (AvgIpc) is 2.27. The predicted molar refractivity (Wildman–Crippen MR) is 78.9 cm³/mol. The molecule has 0 bridgehead atoms. The Balaban J connectivity index is 2.22. The summed E-state index contributed by atoms with van der Waals surface area (Å²) in [7, 11) is -0.666. The van der Waals surface area contributed by atoms with Crippen LogP contribution >= 0.6 is 15.9 Å². The van der Waals surface area contributed by atoms with E-state index >= 15 is 0 Å². The van der Waals surface area contributed by atoms with Crippen LogP contribution in [-0.2, 0) is 17.2 Å². The van der Waals surface area contributed by atoms with E-state index < -0.39 is 10.8 Å². The molecule has 96 valence electrons. The summed E-state index contributed by atoms with van der Waals surface area (Å²) in [6.45, 7) is 3.13. The zero-order valence-corrected chi connectivity index (χ0v) is 12.8. The quantitative estimate of drug-likeness (QED) is 0.783. The van der Waals surface area contributed by atoms with Crippen molar-refractivity contribution in [2.24, 2.45) is 0 Å². The molecule has 2 atom stereocenters. The molecule has 17 heavy (non-hydrogen) atoms. The van der Waals surface area contributed by atoms with Gasteiger partial charge in [0.15, 0.2) is 0 Å². The number of halogens is 1.